The number of rotatable bonds is 8. The predicted molar refractivity (Wildman–Crippen MR) is 85.2 cm³/mol. The van der Waals surface area contributed by atoms with Crippen LogP contribution in [-0.4, -0.2) is 46.4 Å². The molecule has 0 amide bonds. The molecule has 2 rings (SSSR count). The van der Waals surface area contributed by atoms with Gasteiger partial charge in [0.2, 0.25) is 5.88 Å². The first kappa shape index (κ1) is 18.2. The topological polar surface area (TPSA) is 131 Å². The minimum absolute atomic E-state index is 0.00148. The summed E-state index contributed by atoms with van der Waals surface area (Å²) in [6.07, 6.45) is -0.684. The van der Waals surface area contributed by atoms with Crippen molar-refractivity contribution in [3.05, 3.63) is 40.7 Å². The first-order chi connectivity index (χ1) is 11.4. The Kier molecular flexibility index (Phi) is 6.10. The highest BCUT2D eigenvalue weighted by Gasteiger charge is 2.12. The Morgan fingerprint density at radius 2 is 1.92 bits per heavy atom. The summed E-state index contributed by atoms with van der Waals surface area (Å²) in [5.74, 6) is 1.09. The van der Waals surface area contributed by atoms with E-state index in [0.29, 0.717) is 17.1 Å². The predicted octanol–water partition coefficient (Wildman–Crippen LogP) is 0.976. The van der Waals surface area contributed by atoms with Crippen LogP contribution in [0, 0.1) is 0 Å². The molecule has 1 heterocycles. The summed E-state index contributed by atoms with van der Waals surface area (Å²) in [4.78, 5) is 35.8. The lowest BCUT2D eigenvalue weighted by Crippen LogP contribution is -2.13. The van der Waals surface area contributed by atoms with Crippen molar-refractivity contribution in [3.63, 3.8) is 0 Å². The quantitative estimate of drug-likeness (QED) is 0.471. The van der Waals surface area contributed by atoms with Gasteiger partial charge in [-0.1, -0.05) is 0 Å². The molecule has 10 heteroatoms. The molecule has 0 fully saturated rings. The van der Waals surface area contributed by atoms with Gasteiger partial charge in [-0.25, -0.2) is 0 Å². The third-order valence-electron chi connectivity index (χ3n) is 2.82. The zero-order valence-corrected chi connectivity index (χ0v) is 13.7. The number of ether oxygens (including phenoxy) is 3. The van der Waals surface area contributed by atoms with E-state index in [0.717, 1.165) is 0 Å². The lowest BCUT2D eigenvalue weighted by molar-refractivity contribution is 0.118. The number of benzene rings is 1. The van der Waals surface area contributed by atoms with Gasteiger partial charge in [-0.15, -0.1) is 0 Å². The molecule has 24 heavy (non-hydrogen) atoms. The number of nitrogens with zero attached hydrogens (tertiary/aromatic N) is 1. The lowest BCUT2D eigenvalue weighted by Gasteiger charge is -2.08. The van der Waals surface area contributed by atoms with Gasteiger partial charge < -0.3 is 29.0 Å². The summed E-state index contributed by atoms with van der Waals surface area (Å²) in [6, 6.07) is 8.13. The molecule has 0 radical (unpaired) electrons. The molecule has 2 aromatic rings. The number of hydrogen-bond acceptors (Lipinski definition) is 6. The standard InChI is InChI=1S/C14H17N2O7P/c1-21-11-4-2-10(3-5-11)14-15-12(17)8-13(16-14)23-7-6-22-9-24(18,19)20/h2-5,8H,6-7,9H2,1H3,(H,15,16,17)(H2,18,19,20). The second-order valence-electron chi connectivity index (χ2n) is 4.71. The normalized spacial score (nSPS) is 11.3. The van der Waals surface area contributed by atoms with Gasteiger partial charge >= 0.3 is 7.60 Å². The molecule has 1 aromatic carbocycles. The van der Waals surface area contributed by atoms with E-state index in [1.54, 1.807) is 31.4 Å². The Labute approximate surface area is 137 Å². The molecule has 0 aliphatic carbocycles. The van der Waals surface area contributed by atoms with Crippen LogP contribution in [0.2, 0.25) is 0 Å². The maximum absolute atomic E-state index is 11.7. The maximum Gasteiger partial charge on any atom is 0.350 e. The lowest BCUT2D eigenvalue weighted by atomic mass is 10.2. The highest BCUT2D eigenvalue weighted by molar-refractivity contribution is 7.51. The highest BCUT2D eigenvalue weighted by Crippen LogP contribution is 2.33. The molecule has 0 aliphatic heterocycles. The van der Waals surface area contributed by atoms with E-state index in [9.17, 15) is 9.36 Å². The average Bonchev–Trinajstić information content (AvgIpc) is 2.53. The van der Waals surface area contributed by atoms with Crippen LogP contribution in [0.3, 0.4) is 0 Å². The molecule has 130 valence electrons. The molecule has 0 atom stereocenters. The van der Waals surface area contributed by atoms with E-state index in [4.69, 9.17) is 24.0 Å². The summed E-state index contributed by atoms with van der Waals surface area (Å²) in [7, 11) is -2.65. The van der Waals surface area contributed by atoms with E-state index >= 15 is 0 Å². The Hall–Kier alpha value is -2.19. The minimum Gasteiger partial charge on any atom is -0.497 e. The van der Waals surface area contributed by atoms with Gasteiger partial charge in [0, 0.05) is 5.56 Å². The van der Waals surface area contributed by atoms with Crippen LogP contribution in [0.5, 0.6) is 11.6 Å². The number of H-pyrrole nitrogens is 1. The fourth-order valence-electron chi connectivity index (χ4n) is 1.78. The average molecular weight is 356 g/mol. The van der Waals surface area contributed by atoms with Crippen molar-refractivity contribution in [2.75, 3.05) is 26.7 Å². The zero-order valence-electron chi connectivity index (χ0n) is 12.8. The molecule has 0 unspecified atom stereocenters. The fourth-order valence-corrected chi connectivity index (χ4v) is 2.15. The third-order valence-corrected chi connectivity index (χ3v) is 3.34. The maximum atomic E-state index is 11.7. The van der Waals surface area contributed by atoms with Crippen molar-refractivity contribution in [2.45, 2.75) is 0 Å². The van der Waals surface area contributed by atoms with Gasteiger partial charge in [0.05, 0.1) is 19.8 Å². The molecule has 3 N–H and O–H groups in total. The molecular weight excluding hydrogens is 339 g/mol. The van der Waals surface area contributed by atoms with E-state index in [-0.39, 0.29) is 24.7 Å². The SMILES string of the molecule is COc1ccc(-c2nc(OCCOCP(=O)(O)O)cc(=O)[nH]2)cc1. The van der Waals surface area contributed by atoms with Crippen LogP contribution in [0.4, 0.5) is 0 Å². The van der Waals surface area contributed by atoms with Gasteiger partial charge in [-0.2, -0.15) is 4.98 Å². The Bertz CT molecular complexity index is 769. The van der Waals surface area contributed by atoms with E-state index in [1.165, 1.54) is 6.07 Å². The van der Waals surface area contributed by atoms with Gasteiger partial charge in [0.1, 0.15) is 24.5 Å². The van der Waals surface area contributed by atoms with Crippen molar-refractivity contribution >= 4 is 7.60 Å². The molecular formula is C14H17N2O7P. The van der Waals surface area contributed by atoms with Crippen molar-refractivity contribution in [2.24, 2.45) is 0 Å². The van der Waals surface area contributed by atoms with Crippen molar-refractivity contribution in [1.29, 1.82) is 0 Å². The Morgan fingerprint density at radius 3 is 2.54 bits per heavy atom. The first-order valence-electron chi connectivity index (χ1n) is 6.88. The van der Waals surface area contributed by atoms with Crippen molar-refractivity contribution in [3.8, 4) is 23.0 Å². The first-order valence-corrected chi connectivity index (χ1v) is 8.68. The Morgan fingerprint density at radius 1 is 1.21 bits per heavy atom. The molecule has 9 nitrogen and oxygen atoms in total. The van der Waals surface area contributed by atoms with Gasteiger partial charge in [0.25, 0.3) is 5.56 Å². The second kappa shape index (κ2) is 8.07. The number of hydrogen-bond donors (Lipinski definition) is 3. The molecule has 0 bridgehead atoms. The van der Waals surface area contributed by atoms with Crippen LogP contribution in [0.1, 0.15) is 0 Å². The van der Waals surface area contributed by atoms with Crippen molar-refractivity contribution < 1.29 is 28.6 Å². The second-order valence-corrected chi connectivity index (χ2v) is 6.30. The molecule has 0 saturated carbocycles. The van der Waals surface area contributed by atoms with Gasteiger partial charge in [-0.05, 0) is 24.3 Å². The summed E-state index contributed by atoms with van der Waals surface area (Å²) in [5.41, 5.74) is 0.290. The molecule has 1 aromatic heterocycles. The minimum atomic E-state index is -4.20. The number of nitrogens with one attached hydrogen (secondary N) is 1. The van der Waals surface area contributed by atoms with Crippen molar-refractivity contribution in [1.82, 2.24) is 9.97 Å². The highest BCUT2D eigenvalue weighted by atomic mass is 31.2. The fraction of sp³-hybridized carbons (Fsp3) is 0.286. The summed E-state index contributed by atoms with van der Waals surface area (Å²) in [6.45, 7) is -0.0457. The van der Waals surface area contributed by atoms with Crippen LogP contribution < -0.4 is 15.0 Å². The zero-order chi connectivity index (χ0) is 17.6. The van der Waals surface area contributed by atoms with Gasteiger partial charge in [0.15, 0.2) is 0 Å². The van der Waals surface area contributed by atoms with E-state index in [1.807, 2.05) is 0 Å². The summed E-state index contributed by atoms with van der Waals surface area (Å²) >= 11 is 0. The largest absolute Gasteiger partial charge is 0.497 e. The van der Waals surface area contributed by atoms with Crippen LogP contribution in [-0.2, 0) is 9.30 Å². The summed E-state index contributed by atoms with van der Waals surface area (Å²) in [5, 5.41) is 0. The monoisotopic (exact) mass is 356 g/mol. The number of aromatic amines is 1. The van der Waals surface area contributed by atoms with Gasteiger partial charge in [-0.3, -0.25) is 9.36 Å². The third kappa shape index (κ3) is 5.78. The Balaban J connectivity index is 2.00. The molecule has 0 aliphatic rings. The molecule has 0 saturated heterocycles. The van der Waals surface area contributed by atoms with Crippen LogP contribution >= 0.6 is 7.60 Å². The van der Waals surface area contributed by atoms with E-state index < -0.39 is 13.9 Å². The van der Waals surface area contributed by atoms with Crippen LogP contribution in [0.25, 0.3) is 11.4 Å². The molecule has 0 spiro atoms. The van der Waals surface area contributed by atoms with Crippen LogP contribution in [0.15, 0.2) is 35.1 Å². The van der Waals surface area contributed by atoms with E-state index in [2.05, 4.69) is 9.97 Å². The number of methoxy groups -OCH3 is 1. The smallest absolute Gasteiger partial charge is 0.350 e. The number of aromatic nitrogens is 2. The summed E-state index contributed by atoms with van der Waals surface area (Å²) < 4.78 is 25.7.